The molecule has 6 nitrogen and oxygen atoms in total. The summed E-state index contributed by atoms with van der Waals surface area (Å²) in [7, 11) is 0. The Bertz CT molecular complexity index is 370. The van der Waals surface area contributed by atoms with Crippen LogP contribution in [0.1, 0.15) is 41.4 Å². The first-order valence-electron chi connectivity index (χ1n) is 5.08. The maximum Gasteiger partial charge on any atom is 0.271 e. The molecular weight excluding hydrogens is 196 g/mol. The third-order valence-corrected chi connectivity index (χ3v) is 2.50. The SMILES string of the molecule is NC(=O)c1nnn(CCCO)c1C1CC1. The molecule has 6 heteroatoms. The topological polar surface area (TPSA) is 94.0 Å². The zero-order valence-corrected chi connectivity index (χ0v) is 8.39. The summed E-state index contributed by atoms with van der Waals surface area (Å²) >= 11 is 0. The summed E-state index contributed by atoms with van der Waals surface area (Å²) in [5, 5.41) is 16.4. The van der Waals surface area contributed by atoms with Gasteiger partial charge in [-0.25, -0.2) is 4.68 Å². The van der Waals surface area contributed by atoms with Crippen molar-refractivity contribution in [3.8, 4) is 0 Å². The van der Waals surface area contributed by atoms with Gasteiger partial charge in [-0.05, 0) is 19.3 Å². The van der Waals surface area contributed by atoms with E-state index in [4.69, 9.17) is 10.8 Å². The standard InChI is InChI=1S/C9H14N4O2/c10-9(15)7-8(6-2-3-6)13(12-11-7)4-1-5-14/h6,14H,1-5H2,(H2,10,15). The Morgan fingerprint density at radius 3 is 2.87 bits per heavy atom. The minimum atomic E-state index is -0.521. The van der Waals surface area contributed by atoms with Gasteiger partial charge in [0.2, 0.25) is 0 Å². The van der Waals surface area contributed by atoms with Crippen LogP contribution < -0.4 is 5.73 Å². The molecule has 3 N–H and O–H groups in total. The number of aliphatic hydroxyl groups is 1. The molecule has 2 rings (SSSR count). The predicted octanol–water partition coefficient (Wildman–Crippen LogP) is -0.363. The molecule has 1 aromatic heterocycles. The summed E-state index contributed by atoms with van der Waals surface area (Å²) in [4.78, 5) is 11.1. The van der Waals surface area contributed by atoms with Gasteiger partial charge in [0.05, 0.1) is 5.69 Å². The van der Waals surface area contributed by atoms with Crippen LogP contribution in [0.5, 0.6) is 0 Å². The van der Waals surface area contributed by atoms with Gasteiger partial charge < -0.3 is 10.8 Å². The van der Waals surface area contributed by atoms with Crippen LogP contribution in [0.25, 0.3) is 0 Å². The normalized spacial score (nSPS) is 15.5. The van der Waals surface area contributed by atoms with Gasteiger partial charge in [0.15, 0.2) is 5.69 Å². The summed E-state index contributed by atoms with van der Waals surface area (Å²) in [6.45, 7) is 0.693. The van der Waals surface area contributed by atoms with E-state index in [-0.39, 0.29) is 12.3 Å². The monoisotopic (exact) mass is 210 g/mol. The molecule has 0 unspecified atom stereocenters. The van der Waals surface area contributed by atoms with E-state index in [9.17, 15) is 4.79 Å². The smallest absolute Gasteiger partial charge is 0.271 e. The highest BCUT2D eigenvalue weighted by Crippen LogP contribution is 2.41. The van der Waals surface area contributed by atoms with Crippen LogP contribution in [0, 0.1) is 0 Å². The fraction of sp³-hybridized carbons (Fsp3) is 0.667. The molecule has 1 aliphatic carbocycles. The molecule has 0 aliphatic heterocycles. The summed E-state index contributed by atoms with van der Waals surface area (Å²) < 4.78 is 1.69. The highest BCUT2D eigenvalue weighted by atomic mass is 16.3. The zero-order valence-electron chi connectivity index (χ0n) is 8.39. The number of hydrogen-bond donors (Lipinski definition) is 2. The quantitative estimate of drug-likeness (QED) is 0.693. The molecule has 15 heavy (non-hydrogen) atoms. The predicted molar refractivity (Wildman–Crippen MR) is 52.2 cm³/mol. The molecule has 0 radical (unpaired) electrons. The average molecular weight is 210 g/mol. The lowest BCUT2D eigenvalue weighted by atomic mass is 10.2. The van der Waals surface area contributed by atoms with Crippen molar-refractivity contribution in [3.05, 3.63) is 11.4 Å². The van der Waals surface area contributed by atoms with Crippen LogP contribution in [0.15, 0.2) is 0 Å². The van der Waals surface area contributed by atoms with Crippen LogP contribution in [-0.4, -0.2) is 32.6 Å². The third-order valence-electron chi connectivity index (χ3n) is 2.50. The number of primary amides is 1. The Hall–Kier alpha value is -1.43. The van der Waals surface area contributed by atoms with Gasteiger partial charge in [0, 0.05) is 19.1 Å². The van der Waals surface area contributed by atoms with E-state index in [1.807, 2.05) is 0 Å². The Kier molecular flexibility index (Phi) is 2.68. The minimum absolute atomic E-state index is 0.107. The number of aryl methyl sites for hydroxylation is 1. The van der Waals surface area contributed by atoms with Gasteiger partial charge in [-0.15, -0.1) is 5.10 Å². The molecule has 1 aromatic rings. The zero-order chi connectivity index (χ0) is 10.8. The van der Waals surface area contributed by atoms with Crippen LogP contribution in [0.4, 0.5) is 0 Å². The molecule has 0 aromatic carbocycles. The van der Waals surface area contributed by atoms with Crippen molar-refractivity contribution in [1.29, 1.82) is 0 Å². The number of nitrogens with two attached hydrogens (primary N) is 1. The van der Waals surface area contributed by atoms with E-state index in [0.717, 1.165) is 18.5 Å². The second-order valence-electron chi connectivity index (χ2n) is 3.76. The Labute approximate surface area is 87.1 Å². The molecular formula is C9H14N4O2. The molecule has 0 saturated heterocycles. The number of aliphatic hydroxyl groups excluding tert-OH is 1. The van der Waals surface area contributed by atoms with E-state index in [1.165, 1.54) is 0 Å². The fourth-order valence-electron chi connectivity index (χ4n) is 1.64. The minimum Gasteiger partial charge on any atom is -0.396 e. The van der Waals surface area contributed by atoms with E-state index < -0.39 is 5.91 Å². The lowest BCUT2D eigenvalue weighted by Gasteiger charge is -2.04. The van der Waals surface area contributed by atoms with E-state index in [2.05, 4.69) is 10.3 Å². The fourth-order valence-corrected chi connectivity index (χ4v) is 1.64. The summed E-state index contributed by atoms with van der Waals surface area (Å²) in [5.41, 5.74) is 6.35. The molecule has 1 amide bonds. The number of carbonyl (C=O) groups excluding carboxylic acids is 1. The highest BCUT2D eigenvalue weighted by molar-refractivity contribution is 5.92. The molecule has 0 atom stereocenters. The number of rotatable bonds is 5. The number of amides is 1. The van der Waals surface area contributed by atoms with Crippen molar-refractivity contribution < 1.29 is 9.90 Å². The van der Waals surface area contributed by atoms with Crippen molar-refractivity contribution in [2.75, 3.05) is 6.61 Å². The van der Waals surface area contributed by atoms with Crippen molar-refractivity contribution in [2.45, 2.75) is 31.7 Å². The highest BCUT2D eigenvalue weighted by Gasteiger charge is 2.32. The first-order chi connectivity index (χ1) is 7.24. The van der Waals surface area contributed by atoms with Gasteiger partial charge in [-0.2, -0.15) is 0 Å². The third kappa shape index (κ3) is 1.99. The van der Waals surface area contributed by atoms with Gasteiger partial charge in [-0.1, -0.05) is 5.21 Å². The lowest BCUT2D eigenvalue weighted by Crippen LogP contribution is -2.15. The first-order valence-corrected chi connectivity index (χ1v) is 5.08. The van der Waals surface area contributed by atoms with Crippen LogP contribution in [0.3, 0.4) is 0 Å². The van der Waals surface area contributed by atoms with Gasteiger partial charge >= 0.3 is 0 Å². The molecule has 82 valence electrons. The molecule has 1 saturated carbocycles. The molecule has 1 fully saturated rings. The second-order valence-corrected chi connectivity index (χ2v) is 3.76. The maximum absolute atomic E-state index is 11.1. The molecule has 1 heterocycles. The van der Waals surface area contributed by atoms with Crippen LogP contribution in [-0.2, 0) is 6.54 Å². The maximum atomic E-state index is 11.1. The summed E-state index contributed by atoms with van der Waals surface area (Å²) in [5.74, 6) is -0.145. The summed E-state index contributed by atoms with van der Waals surface area (Å²) in [6.07, 6.45) is 2.74. The number of nitrogens with zero attached hydrogens (tertiary/aromatic N) is 3. The van der Waals surface area contributed by atoms with E-state index >= 15 is 0 Å². The van der Waals surface area contributed by atoms with Crippen molar-refractivity contribution in [3.63, 3.8) is 0 Å². The number of aromatic nitrogens is 3. The lowest BCUT2D eigenvalue weighted by molar-refractivity contribution is 0.0994. The Balaban J connectivity index is 2.25. The Morgan fingerprint density at radius 1 is 1.60 bits per heavy atom. The molecule has 0 bridgehead atoms. The van der Waals surface area contributed by atoms with E-state index in [1.54, 1.807) is 4.68 Å². The van der Waals surface area contributed by atoms with E-state index in [0.29, 0.717) is 18.9 Å². The first kappa shape index (κ1) is 10.1. The van der Waals surface area contributed by atoms with Crippen molar-refractivity contribution in [1.82, 2.24) is 15.0 Å². The molecule has 0 spiro atoms. The Morgan fingerprint density at radius 2 is 2.33 bits per heavy atom. The largest absolute Gasteiger partial charge is 0.396 e. The number of carbonyl (C=O) groups is 1. The van der Waals surface area contributed by atoms with Gasteiger partial charge in [-0.3, -0.25) is 4.79 Å². The van der Waals surface area contributed by atoms with Gasteiger partial charge in [0.1, 0.15) is 0 Å². The van der Waals surface area contributed by atoms with Crippen LogP contribution in [0.2, 0.25) is 0 Å². The van der Waals surface area contributed by atoms with Crippen molar-refractivity contribution >= 4 is 5.91 Å². The van der Waals surface area contributed by atoms with Gasteiger partial charge in [0.25, 0.3) is 5.91 Å². The second kappa shape index (κ2) is 3.98. The molecule has 1 aliphatic rings. The summed E-state index contributed by atoms with van der Waals surface area (Å²) in [6, 6.07) is 0. The average Bonchev–Trinajstić information content (AvgIpc) is 2.95. The number of hydrogen-bond acceptors (Lipinski definition) is 4. The van der Waals surface area contributed by atoms with Crippen LogP contribution >= 0.6 is 0 Å². The van der Waals surface area contributed by atoms with Crippen molar-refractivity contribution in [2.24, 2.45) is 5.73 Å².